The van der Waals surface area contributed by atoms with Crippen molar-refractivity contribution in [1.82, 2.24) is 5.32 Å². The molecule has 1 fully saturated rings. The van der Waals surface area contributed by atoms with Crippen molar-refractivity contribution in [3.8, 4) is 12.3 Å². The van der Waals surface area contributed by atoms with Gasteiger partial charge in [-0.1, -0.05) is 26.2 Å². The molecule has 1 saturated carbocycles. The third-order valence-electron chi connectivity index (χ3n) is 3.06. The van der Waals surface area contributed by atoms with E-state index in [0.717, 1.165) is 24.9 Å². The lowest BCUT2D eigenvalue weighted by molar-refractivity contribution is 0.281. The predicted octanol–water partition coefficient (Wildman–Crippen LogP) is 2.57. The molecule has 1 aliphatic carbocycles. The highest BCUT2D eigenvalue weighted by Gasteiger charge is 2.19. The molecule has 2 atom stereocenters. The fraction of sp³-hybridized carbons (Fsp3) is 0.833. The van der Waals surface area contributed by atoms with Crippen molar-refractivity contribution in [2.75, 3.05) is 6.54 Å². The fourth-order valence-corrected chi connectivity index (χ4v) is 2.20. The average molecular weight is 179 g/mol. The Balaban J connectivity index is 2.15. The Kier molecular flexibility index (Phi) is 4.93. The summed E-state index contributed by atoms with van der Waals surface area (Å²) < 4.78 is 0. The lowest BCUT2D eigenvalue weighted by Crippen LogP contribution is -2.34. The molecular weight excluding hydrogens is 158 g/mol. The quantitative estimate of drug-likeness (QED) is 0.516. The maximum Gasteiger partial charge on any atom is 0.0211 e. The molecule has 0 radical (unpaired) electrons. The van der Waals surface area contributed by atoms with Gasteiger partial charge in [-0.25, -0.2) is 0 Å². The van der Waals surface area contributed by atoms with E-state index in [2.05, 4.69) is 18.2 Å². The lowest BCUT2D eigenvalue weighted by atomic mass is 9.84. The summed E-state index contributed by atoms with van der Waals surface area (Å²) in [5.41, 5.74) is 0. The predicted molar refractivity (Wildman–Crippen MR) is 57.5 cm³/mol. The van der Waals surface area contributed by atoms with Crippen molar-refractivity contribution >= 4 is 0 Å². The van der Waals surface area contributed by atoms with Crippen LogP contribution in [0.4, 0.5) is 0 Å². The Morgan fingerprint density at radius 3 is 3.00 bits per heavy atom. The minimum Gasteiger partial charge on any atom is -0.313 e. The van der Waals surface area contributed by atoms with Gasteiger partial charge in [0.2, 0.25) is 0 Å². The summed E-state index contributed by atoms with van der Waals surface area (Å²) >= 11 is 0. The molecule has 0 bridgehead atoms. The molecular formula is C12H21N. The molecule has 1 heteroatoms. The second-order valence-electron chi connectivity index (χ2n) is 4.05. The summed E-state index contributed by atoms with van der Waals surface area (Å²) in [5, 5.41) is 3.54. The Morgan fingerprint density at radius 2 is 2.31 bits per heavy atom. The van der Waals surface area contributed by atoms with E-state index in [9.17, 15) is 0 Å². The molecule has 0 spiro atoms. The van der Waals surface area contributed by atoms with Crippen LogP contribution in [0.3, 0.4) is 0 Å². The van der Waals surface area contributed by atoms with E-state index in [4.69, 9.17) is 6.42 Å². The zero-order valence-corrected chi connectivity index (χ0v) is 8.68. The summed E-state index contributed by atoms with van der Waals surface area (Å²) in [6.45, 7) is 3.30. The maximum absolute atomic E-state index is 5.21. The molecule has 1 aliphatic rings. The van der Waals surface area contributed by atoms with Crippen LogP contribution in [0.2, 0.25) is 0 Å². The molecule has 0 aromatic carbocycles. The van der Waals surface area contributed by atoms with Crippen LogP contribution in [0.15, 0.2) is 0 Å². The standard InChI is InChI=1S/C12H21N/c1-3-5-9-13-12-8-6-7-11(4-2)10-12/h1,11-13H,4-10H2,2H3. The van der Waals surface area contributed by atoms with Crippen LogP contribution in [-0.4, -0.2) is 12.6 Å². The Labute approximate surface area is 82.3 Å². The lowest BCUT2D eigenvalue weighted by Gasteiger charge is -2.29. The monoisotopic (exact) mass is 179 g/mol. The maximum atomic E-state index is 5.21. The van der Waals surface area contributed by atoms with Gasteiger partial charge in [0.05, 0.1) is 0 Å². The molecule has 0 saturated heterocycles. The van der Waals surface area contributed by atoms with E-state index in [1.165, 1.54) is 32.1 Å². The van der Waals surface area contributed by atoms with Crippen LogP contribution < -0.4 is 5.32 Å². The zero-order valence-electron chi connectivity index (χ0n) is 8.68. The Bertz CT molecular complexity index is 168. The van der Waals surface area contributed by atoms with E-state index in [-0.39, 0.29) is 0 Å². The first-order valence-corrected chi connectivity index (χ1v) is 5.53. The highest BCUT2D eigenvalue weighted by atomic mass is 14.9. The van der Waals surface area contributed by atoms with Crippen LogP contribution in [0.25, 0.3) is 0 Å². The van der Waals surface area contributed by atoms with E-state index < -0.39 is 0 Å². The van der Waals surface area contributed by atoms with Crippen LogP contribution >= 0.6 is 0 Å². The van der Waals surface area contributed by atoms with Crippen LogP contribution in [0.1, 0.15) is 45.4 Å². The van der Waals surface area contributed by atoms with Crippen LogP contribution in [-0.2, 0) is 0 Å². The smallest absolute Gasteiger partial charge is 0.0211 e. The molecule has 1 N–H and O–H groups in total. The van der Waals surface area contributed by atoms with E-state index in [0.29, 0.717) is 0 Å². The average Bonchev–Trinajstić information content (AvgIpc) is 2.19. The second-order valence-corrected chi connectivity index (χ2v) is 4.05. The molecule has 74 valence electrons. The van der Waals surface area contributed by atoms with Gasteiger partial charge in [0.15, 0.2) is 0 Å². The minimum absolute atomic E-state index is 0.743. The minimum atomic E-state index is 0.743. The number of nitrogens with one attached hydrogen (secondary N) is 1. The first-order valence-electron chi connectivity index (χ1n) is 5.53. The van der Waals surface area contributed by atoms with Gasteiger partial charge in [0, 0.05) is 19.0 Å². The molecule has 0 aromatic rings. The van der Waals surface area contributed by atoms with E-state index in [1.54, 1.807) is 0 Å². The molecule has 0 aliphatic heterocycles. The Hall–Kier alpha value is -0.480. The fourth-order valence-electron chi connectivity index (χ4n) is 2.20. The van der Waals surface area contributed by atoms with Crippen LogP contribution in [0.5, 0.6) is 0 Å². The van der Waals surface area contributed by atoms with Gasteiger partial charge in [-0.2, -0.15) is 0 Å². The molecule has 0 amide bonds. The van der Waals surface area contributed by atoms with Crippen molar-refractivity contribution in [1.29, 1.82) is 0 Å². The number of hydrogen-bond donors (Lipinski definition) is 1. The number of terminal acetylenes is 1. The number of rotatable bonds is 4. The van der Waals surface area contributed by atoms with Crippen molar-refractivity contribution in [3.05, 3.63) is 0 Å². The normalized spacial score (nSPS) is 28.3. The van der Waals surface area contributed by atoms with Gasteiger partial charge in [-0.3, -0.25) is 0 Å². The van der Waals surface area contributed by atoms with Crippen LogP contribution in [0, 0.1) is 18.3 Å². The summed E-state index contributed by atoms with van der Waals surface area (Å²) in [7, 11) is 0. The van der Waals surface area contributed by atoms with E-state index >= 15 is 0 Å². The molecule has 1 nitrogen and oxygen atoms in total. The third-order valence-corrected chi connectivity index (χ3v) is 3.06. The van der Waals surface area contributed by atoms with E-state index in [1.807, 2.05) is 0 Å². The van der Waals surface area contributed by atoms with Gasteiger partial charge >= 0.3 is 0 Å². The Morgan fingerprint density at radius 1 is 1.46 bits per heavy atom. The van der Waals surface area contributed by atoms with Gasteiger partial charge in [-0.15, -0.1) is 12.3 Å². The van der Waals surface area contributed by atoms with Gasteiger partial charge < -0.3 is 5.32 Å². The molecule has 2 unspecified atom stereocenters. The molecule has 0 aromatic heterocycles. The zero-order chi connectivity index (χ0) is 9.52. The summed E-state index contributed by atoms with van der Waals surface area (Å²) in [6.07, 6.45) is 13.0. The van der Waals surface area contributed by atoms with Crippen molar-refractivity contribution in [2.45, 2.75) is 51.5 Å². The highest BCUT2D eigenvalue weighted by Crippen LogP contribution is 2.26. The summed E-state index contributed by atoms with van der Waals surface area (Å²) in [4.78, 5) is 0. The first-order chi connectivity index (χ1) is 6.36. The number of hydrogen-bond acceptors (Lipinski definition) is 1. The highest BCUT2D eigenvalue weighted by molar-refractivity contribution is 4.85. The van der Waals surface area contributed by atoms with Crippen molar-refractivity contribution in [2.24, 2.45) is 5.92 Å². The van der Waals surface area contributed by atoms with Crippen molar-refractivity contribution in [3.63, 3.8) is 0 Å². The third kappa shape index (κ3) is 3.83. The summed E-state index contributed by atoms with van der Waals surface area (Å²) in [6, 6.07) is 0.743. The molecule has 0 heterocycles. The SMILES string of the molecule is C#CCCNC1CCCC(CC)C1. The largest absolute Gasteiger partial charge is 0.313 e. The second kappa shape index (κ2) is 6.05. The first kappa shape index (κ1) is 10.6. The molecule has 1 rings (SSSR count). The topological polar surface area (TPSA) is 12.0 Å². The molecule has 13 heavy (non-hydrogen) atoms. The van der Waals surface area contributed by atoms with Crippen molar-refractivity contribution < 1.29 is 0 Å². The van der Waals surface area contributed by atoms with Gasteiger partial charge in [0.1, 0.15) is 0 Å². The van der Waals surface area contributed by atoms with Gasteiger partial charge in [0.25, 0.3) is 0 Å². The van der Waals surface area contributed by atoms with Gasteiger partial charge in [-0.05, 0) is 18.8 Å². The summed E-state index contributed by atoms with van der Waals surface area (Å²) in [5.74, 6) is 3.63.